The lowest BCUT2D eigenvalue weighted by atomic mass is 10.1. The molecule has 1 aliphatic rings. The first-order valence-corrected chi connectivity index (χ1v) is 11.0. The fraction of sp³-hybridized carbons (Fsp3) is 0.167. The molecular formula is C24H21N3O5S. The van der Waals surface area contributed by atoms with Crippen molar-refractivity contribution < 1.29 is 24.2 Å². The number of amides is 1. The fourth-order valence-corrected chi connectivity index (χ4v) is 4.27. The van der Waals surface area contributed by atoms with Gasteiger partial charge in [0.05, 0.1) is 19.7 Å². The Hall–Kier alpha value is -3.85. The van der Waals surface area contributed by atoms with E-state index in [2.05, 4.69) is 33.7 Å². The molecule has 1 fully saturated rings. The van der Waals surface area contributed by atoms with E-state index in [1.54, 1.807) is 19.2 Å². The van der Waals surface area contributed by atoms with Crippen molar-refractivity contribution >= 4 is 45.8 Å². The van der Waals surface area contributed by atoms with Gasteiger partial charge >= 0.3 is 5.97 Å². The fourth-order valence-electron chi connectivity index (χ4n) is 3.35. The maximum atomic E-state index is 11.8. The van der Waals surface area contributed by atoms with Crippen LogP contribution in [-0.4, -0.2) is 40.7 Å². The zero-order valence-electron chi connectivity index (χ0n) is 17.7. The Morgan fingerprint density at radius 1 is 1.15 bits per heavy atom. The van der Waals surface area contributed by atoms with Crippen molar-refractivity contribution in [2.45, 2.75) is 18.3 Å². The summed E-state index contributed by atoms with van der Waals surface area (Å²) in [6.07, 6.45) is 1.25. The summed E-state index contributed by atoms with van der Waals surface area (Å²) in [4.78, 5) is 22.5. The highest BCUT2D eigenvalue weighted by molar-refractivity contribution is 8.15. The predicted octanol–water partition coefficient (Wildman–Crippen LogP) is 3.82. The van der Waals surface area contributed by atoms with Gasteiger partial charge in [0, 0.05) is 0 Å². The van der Waals surface area contributed by atoms with Crippen LogP contribution in [0.4, 0.5) is 0 Å². The van der Waals surface area contributed by atoms with Crippen LogP contribution in [0.15, 0.2) is 70.9 Å². The smallest absolute Gasteiger partial charge is 0.305 e. The summed E-state index contributed by atoms with van der Waals surface area (Å²) >= 11 is 1.05. The Labute approximate surface area is 194 Å². The number of carboxylic acids is 1. The van der Waals surface area contributed by atoms with Gasteiger partial charge in [-0.05, 0) is 40.1 Å². The molecule has 0 radical (unpaired) electrons. The van der Waals surface area contributed by atoms with Crippen LogP contribution in [0.25, 0.3) is 10.8 Å². The van der Waals surface area contributed by atoms with Gasteiger partial charge in [-0.3, -0.25) is 9.59 Å². The summed E-state index contributed by atoms with van der Waals surface area (Å²) in [6, 6.07) is 19.7. The highest BCUT2D eigenvalue weighted by Gasteiger charge is 2.32. The average Bonchev–Trinajstić information content (AvgIpc) is 3.16. The molecule has 1 heterocycles. The van der Waals surface area contributed by atoms with Crippen molar-refractivity contribution in [1.82, 2.24) is 5.32 Å². The molecule has 3 aromatic carbocycles. The monoisotopic (exact) mass is 463 g/mol. The van der Waals surface area contributed by atoms with Crippen LogP contribution in [0.2, 0.25) is 0 Å². The summed E-state index contributed by atoms with van der Waals surface area (Å²) in [5.74, 6) is -0.270. The number of thioether (sulfide) groups is 1. The molecule has 1 amide bonds. The van der Waals surface area contributed by atoms with Gasteiger partial charge in [0.2, 0.25) is 5.91 Å². The van der Waals surface area contributed by atoms with E-state index in [9.17, 15) is 9.59 Å². The number of methoxy groups -OCH3 is 1. The van der Waals surface area contributed by atoms with E-state index in [1.165, 1.54) is 6.21 Å². The number of hydrogen-bond donors (Lipinski definition) is 2. The van der Waals surface area contributed by atoms with Crippen LogP contribution in [0.5, 0.6) is 11.5 Å². The molecule has 0 bridgehead atoms. The Balaban J connectivity index is 1.42. The van der Waals surface area contributed by atoms with Gasteiger partial charge in [-0.1, -0.05) is 54.2 Å². The Kier molecular flexibility index (Phi) is 6.89. The van der Waals surface area contributed by atoms with Gasteiger partial charge in [0.1, 0.15) is 11.9 Å². The Morgan fingerprint density at radius 2 is 1.97 bits per heavy atom. The van der Waals surface area contributed by atoms with Crippen molar-refractivity contribution in [2.24, 2.45) is 10.2 Å². The van der Waals surface area contributed by atoms with Gasteiger partial charge in [-0.2, -0.15) is 5.10 Å². The third kappa shape index (κ3) is 5.50. The highest BCUT2D eigenvalue weighted by atomic mass is 32.2. The number of rotatable bonds is 8. The van der Waals surface area contributed by atoms with Crippen LogP contribution < -0.4 is 14.8 Å². The van der Waals surface area contributed by atoms with E-state index in [0.717, 1.165) is 33.7 Å². The van der Waals surface area contributed by atoms with Crippen LogP contribution in [0.3, 0.4) is 0 Å². The van der Waals surface area contributed by atoms with Crippen molar-refractivity contribution in [3.63, 3.8) is 0 Å². The van der Waals surface area contributed by atoms with E-state index >= 15 is 0 Å². The van der Waals surface area contributed by atoms with Crippen molar-refractivity contribution in [2.75, 3.05) is 7.11 Å². The molecule has 0 unspecified atom stereocenters. The first kappa shape index (κ1) is 22.3. The van der Waals surface area contributed by atoms with Gasteiger partial charge in [0.25, 0.3) is 0 Å². The molecule has 2 N–H and O–H groups in total. The summed E-state index contributed by atoms with van der Waals surface area (Å²) in [7, 11) is 1.56. The molecule has 0 aromatic heterocycles. The van der Waals surface area contributed by atoms with Crippen LogP contribution in [0.1, 0.15) is 17.5 Å². The summed E-state index contributed by atoms with van der Waals surface area (Å²) in [5, 5.41) is 21.2. The normalized spacial score (nSPS) is 16.9. The van der Waals surface area contributed by atoms with E-state index in [1.807, 2.05) is 30.3 Å². The first-order valence-electron chi connectivity index (χ1n) is 10.1. The SMILES string of the molecule is COc1cc(/C=N\N=C2\NC(=O)[C@@H](CC(=O)O)S2)ccc1OCc1cccc2ccccc12. The summed E-state index contributed by atoms with van der Waals surface area (Å²) in [5.41, 5.74) is 1.80. The topological polar surface area (TPSA) is 110 Å². The van der Waals surface area contributed by atoms with Crippen molar-refractivity contribution in [3.8, 4) is 11.5 Å². The van der Waals surface area contributed by atoms with E-state index in [-0.39, 0.29) is 17.5 Å². The average molecular weight is 464 g/mol. The molecule has 9 heteroatoms. The van der Waals surface area contributed by atoms with E-state index in [4.69, 9.17) is 14.6 Å². The molecular weight excluding hydrogens is 442 g/mol. The van der Waals surface area contributed by atoms with Crippen LogP contribution in [-0.2, 0) is 16.2 Å². The van der Waals surface area contributed by atoms with Crippen molar-refractivity contribution in [3.05, 3.63) is 71.8 Å². The molecule has 0 aliphatic carbocycles. The Bertz CT molecular complexity index is 1250. The lowest BCUT2D eigenvalue weighted by molar-refractivity contribution is -0.138. The largest absolute Gasteiger partial charge is 0.493 e. The van der Waals surface area contributed by atoms with Gasteiger partial charge in [-0.15, -0.1) is 5.10 Å². The van der Waals surface area contributed by atoms with Gasteiger partial charge in [0.15, 0.2) is 16.7 Å². The molecule has 0 saturated carbocycles. The minimum atomic E-state index is -1.04. The second kappa shape index (κ2) is 10.2. The molecule has 1 aliphatic heterocycles. The molecule has 4 rings (SSSR count). The molecule has 3 aromatic rings. The highest BCUT2D eigenvalue weighted by Crippen LogP contribution is 2.29. The third-order valence-electron chi connectivity index (χ3n) is 4.94. The second-order valence-electron chi connectivity index (χ2n) is 7.18. The van der Waals surface area contributed by atoms with Crippen LogP contribution >= 0.6 is 11.8 Å². The Morgan fingerprint density at radius 3 is 2.79 bits per heavy atom. The number of carboxylic acid groups (broad SMARTS) is 1. The predicted molar refractivity (Wildman–Crippen MR) is 128 cm³/mol. The molecule has 168 valence electrons. The number of nitrogens with one attached hydrogen (secondary N) is 1. The van der Waals surface area contributed by atoms with Gasteiger partial charge < -0.3 is 19.9 Å². The number of benzene rings is 3. The number of fused-ring (bicyclic) bond motifs is 1. The number of hydrogen-bond acceptors (Lipinski definition) is 7. The number of nitrogens with zero attached hydrogens (tertiary/aromatic N) is 2. The molecule has 0 spiro atoms. The minimum Gasteiger partial charge on any atom is -0.493 e. The summed E-state index contributed by atoms with van der Waals surface area (Å²) in [6.45, 7) is 0.396. The minimum absolute atomic E-state index is 0.267. The summed E-state index contributed by atoms with van der Waals surface area (Å²) < 4.78 is 11.5. The standard InChI is InChI=1S/C24H21N3O5S/c1-31-20-11-15(13-25-27-24-26-23(30)21(33-24)12-22(28)29)9-10-19(20)32-14-17-7-4-6-16-5-2-3-8-18(16)17/h2-11,13,21H,12,14H2,1H3,(H,28,29)(H,26,27,30)/b25-13-/t21-/m1/s1. The lowest BCUT2D eigenvalue weighted by Gasteiger charge is -2.12. The first-order chi connectivity index (χ1) is 16.0. The number of carbonyl (C=O) groups is 2. The maximum absolute atomic E-state index is 11.8. The maximum Gasteiger partial charge on any atom is 0.305 e. The zero-order valence-corrected chi connectivity index (χ0v) is 18.5. The van der Waals surface area contributed by atoms with Crippen LogP contribution in [0, 0.1) is 0 Å². The third-order valence-corrected chi connectivity index (χ3v) is 6.01. The number of carbonyl (C=O) groups excluding carboxylic acids is 1. The molecule has 1 saturated heterocycles. The number of aliphatic carboxylic acids is 1. The lowest BCUT2D eigenvalue weighted by Crippen LogP contribution is -2.26. The zero-order chi connectivity index (χ0) is 23.2. The second-order valence-corrected chi connectivity index (χ2v) is 8.37. The molecule has 33 heavy (non-hydrogen) atoms. The van der Waals surface area contributed by atoms with E-state index < -0.39 is 11.2 Å². The number of amidine groups is 1. The van der Waals surface area contributed by atoms with E-state index in [0.29, 0.717) is 18.1 Å². The number of ether oxygens (including phenoxy) is 2. The van der Waals surface area contributed by atoms with Gasteiger partial charge in [-0.25, -0.2) is 0 Å². The van der Waals surface area contributed by atoms with Crippen molar-refractivity contribution in [1.29, 1.82) is 0 Å². The molecule has 8 nitrogen and oxygen atoms in total. The molecule has 1 atom stereocenters. The quantitative estimate of drug-likeness (QED) is 0.388.